The van der Waals surface area contributed by atoms with Gasteiger partial charge in [-0.25, -0.2) is 0 Å². The maximum absolute atomic E-state index is 11.9. The van der Waals surface area contributed by atoms with Crippen molar-refractivity contribution < 1.29 is 14.6 Å². The van der Waals surface area contributed by atoms with Crippen LogP contribution in [0.4, 0.5) is 0 Å². The number of aliphatic hydroxyl groups excluding tert-OH is 1. The van der Waals surface area contributed by atoms with Crippen molar-refractivity contribution in [1.29, 1.82) is 0 Å². The molecule has 0 aliphatic heterocycles. The summed E-state index contributed by atoms with van der Waals surface area (Å²) in [5.41, 5.74) is -0.225. The fourth-order valence-corrected chi connectivity index (χ4v) is 3.60. The fourth-order valence-electron chi connectivity index (χ4n) is 3.60. The Morgan fingerprint density at radius 3 is 1.68 bits per heavy atom. The lowest BCUT2D eigenvalue weighted by Gasteiger charge is -2.30. The molecule has 0 amide bonds. The van der Waals surface area contributed by atoms with Gasteiger partial charge in [-0.15, -0.1) is 0 Å². The first-order valence-electron chi connectivity index (χ1n) is 10.9. The molecule has 0 aromatic heterocycles. The van der Waals surface area contributed by atoms with Crippen molar-refractivity contribution in [2.24, 2.45) is 5.41 Å². The van der Waals surface area contributed by atoms with Crippen molar-refractivity contribution in [3.05, 3.63) is 0 Å². The normalized spacial score (nSPS) is 11.7. The Morgan fingerprint density at radius 2 is 1.24 bits per heavy atom. The van der Waals surface area contributed by atoms with E-state index in [1.165, 1.54) is 51.4 Å². The molecule has 0 rings (SSSR count). The highest BCUT2D eigenvalue weighted by atomic mass is 16.5. The SMILES string of the molecule is CCCCCCCCCCCCC(=O)OCC(CO)(CCC)CCC. The summed E-state index contributed by atoms with van der Waals surface area (Å²) in [5.74, 6) is -0.0930. The lowest BCUT2D eigenvalue weighted by molar-refractivity contribution is -0.149. The van der Waals surface area contributed by atoms with Gasteiger partial charge in [0.05, 0.1) is 13.2 Å². The summed E-state index contributed by atoms with van der Waals surface area (Å²) >= 11 is 0. The first-order valence-corrected chi connectivity index (χ1v) is 10.9. The van der Waals surface area contributed by atoms with Crippen LogP contribution in [0.2, 0.25) is 0 Å². The van der Waals surface area contributed by atoms with Gasteiger partial charge in [0.1, 0.15) is 0 Å². The van der Waals surface area contributed by atoms with Crippen LogP contribution in [0.25, 0.3) is 0 Å². The Morgan fingerprint density at radius 1 is 0.760 bits per heavy atom. The van der Waals surface area contributed by atoms with E-state index in [1.807, 2.05) is 0 Å². The zero-order valence-electron chi connectivity index (χ0n) is 17.3. The highest BCUT2D eigenvalue weighted by molar-refractivity contribution is 5.69. The fraction of sp³-hybridized carbons (Fsp3) is 0.955. The molecule has 3 heteroatoms. The number of ether oxygens (including phenoxy) is 1. The number of esters is 1. The minimum Gasteiger partial charge on any atom is -0.465 e. The van der Waals surface area contributed by atoms with Gasteiger partial charge in [0.2, 0.25) is 0 Å². The van der Waals surface area contributed by atoms with Gasteiger partial charge in [0.25, 0.3) is 0 Å². The molecule has 0 radical (unpaired) electrons. The van der Waals surface area contributed by atoms with Gasteiger partial charge < -0.3 is 9.84 Å². The van der Waals surface area contributed by atoms with E-state index in [9.17, 15) is 9.90 Å². The van der Waals surface area contributed by atoms with Crippen LogP contribution < -0.4 is 0 Å². The summed E-state index contributed by atoms with van der Waals surface area (Å²) in [7, 11) is 0. The smallest absolute Gasteiger partial charge is 0.305 e. The maximum atomic E-state index is 11.9. The van der Waals surface area contributed by atoms with Crippen molar-refractivity contribution in [1.82, 2.24) is 0 Å². The Bertz CT molecular complexity index is 296. The van der Waals surface area contributed by atoms with Crippen LogP contribution in [0.15, 0.2) is 0 Å². The average molecular weight is 357 g/mol. The molecule has 0 aliphatic carbocycles. The Labute approximate surface area is 156 Å². The van der Waals surface area contributed by atoms with E-state index in [1.54, 1.807) is 0 Å². The van der Waals surface area contributed by atoms with Gasteiger partial charge in [0, 0.05) is 11.8 Å². The van der Waals surface area contributed by atoms with Crippen molar-refractivity contribution >= 4 is 5.97 Å². The van der Waals surface area contributed by atoms with E-state index in [-0.39, 0.29) is 18.0 Å². The van der Waals surface area contributed by atoms with Crippen molar-refractivity contribution in [3.8, 4) is 0 Å². The molecule has 0 aliphatic rings. The minimum atomic E-state index is -0.225. The summed E-state index contributed by atoms with van der Waals surface area (Å²) < 4.78 is 5.49. The molecule has 0 bridgehead atoms. The summed E-state index contributed by atoms with van der Waals surface area (Å²) in [4.78, 5) is 11.9. The summed E-state index contributed by atoms with van der Waals surface area (Å²) in [6, 6.07) is 0. The third kappa shape index (κ3) is 13.3. The lowest BCUT2D eigenvalue weighted by Crippen LogP contribution is -2.32. The van der Waals surface area contributed by atoms with Crippen molar-refractivity contribution in [2.45, 2.75) is 117 Å². The summed E-state index contributed by atoms with van der Waals surface area (Å²) in [6.07, 6.45) is 17.1. The number of aliphatic hydroxyl groups is 1. The molecular weight excluding hydrogens is 312 g/mol. The Balaban J connectivity index is 3.69. The minimum absolute atomic E-state index is 0.0930. The molecule has 0 aromatic carbocycles. The van der Waals surface area contributed by atoms with Crippen LogP contribution in [0, 0.1) is 5.41 Å². The van der Waals surface area contributed by atoms with Gasteiger partial charge in [-0.2, -0.15) is 0 Å². The third-order valence-corrected chi connectivity index (χ3v) is 5.17. The Kier molecular flexibility index (Phi) is 16.5. The lowest BCUT2D eigenvalue weighted by atomic mass is 9.81. The number of carbonyl (C=O) groups is 1. The molecule has 0 saturated carbocycles. The number of hydrogen-bond acceptors (Lipinski definition) is 3. The van der Waals surface area contributed by atoms with E-state index in [2.05, 4.69) is 20.8 Å². The Hall–Kier alpha value is -0.570. The molecule has 0 heterocycles. The first kappa shape index (κ1) is 24.4. The molecule has 0 unspecified atom stereocenters. The quantitative estimate of drug-likeness (QED) is 0.228. The molecule has 150 valence electrons. The topological polar surface area (TPSA) is 46.5 Å². The molecular formula is C22H44O3. The highest BCUT2D eigenvalue weighted by Gasteiger charge is 2.29. The predicted molar refractivity (Wildman–Crippen MR) is 107 cm³/mol. The monoisotopic (exact) mass is 356 g/mol. The maximum Gasteiger partial charge on any atom is 0.305 e. The number of rotatable bonds is 18. The molecule has 0 saturated heterocycles. The van der Waals surface area contributed by atoms with Gasteiger partial charge in [-0.05, 0) is 19.3 Å². The van der Waals surface area contributed by atoms with Crippen LogP contribution >= 0.6 is 0 Å². The van der Waals surface area contributed by atoms with Crippen LogP contribution in [-0.4, -0.2) is 24.3 Å². The molecule has 0 fully saturated rings. The second-order valence-electron chi connectivity index (χ2n) is 7.75. The van der Waals surface area contributed by atoms with Crippen molar-refractivity contribution in [3.63, 3.8) is 0 Å². The zero-order valence-corrected chi connectivity index (χ0v) is 17.3. The van der Waals surface area contributed by atoms with Crippen LogP contribution in [0.3, 0.4) is 0 Å². The van der Waals surface area contributed by atoms with Crippen LogP contribution in [0.1, 0.15) is 117 Å². The molecule has 0 aromatic rings. The second-order valence-corrected chi connectivity index (χ2v) is 7.75. The highest BCUT2D eigenvalue weighted by Crippen LogP contribution is 2.30. The van der Waals surface area contributed by atoms with E-state index >= 15 is 0 Å². The van der Waals surface area contributed by atoms with E-state index in [4.69, 9.17) is 4.74 Å². The van der Waals surface area contributed by atoms with E-state index in [0.29, 0.717) is 13.0 Å². The van der Waals surface area contributed by atoms with Gasteiger partial charge in [-0.1, -0.05) is 91.4 Å². The van der Waals surface area contributed by atoms with Crippen LogP contribution in [-0.2, 0) is 9.53 Å². The standard InChI is InChI=1S/C22H44O3/c1-4-7-8-9-10-11-12-13-14-15-16-21(24)25-20-22(19-23,17-5-2)18-6-3/h23H,4-20H2,1-3H3. The van der Waals surface area contributed by atoms with E-state index in [0.717, 1.165) is 38.5 Å². The molecule has 25 heavy (non-hydrogen) atoms. The second kappa shape index (κ2) is 16.9. The number of unbranched alkanes of at least 4 members (excludes halogenated alkanes) is 9. The number of carbonyl (C=O) groups excluding carboxylic acids is 1. The van der Waals surface area contributed by atoms with Gasteiger partial charge >= 0.3 is 5.97 Å². The van der Waals surface area contributed by atoms with Crippen LogP contribution in [0.5, 0.6) is 0 Å². The largest absolute Gasteiger partial charge is 0.465 e. The van der Waals surface area contributed by atoms with Crippen molar-refractivity contribution in [2.75, 3.05) is 13.2 Å². The molecule has 3 nitrogen and oxygen atoms in total. The molecule has 0 atom stereocenters. The third-order valence-electron chi connectivity index (χ3n) is 5.17. The summed E-state index contributed by atoms with van der Waals surface area (Å²) in [5, 5.41) is 9.72. The molecule has 1 N–H and O–H groups in total. The van der Waals surface area contributed by atoms with E-state index < -0.39 is 0 Å². The summed E-state index contributed by atoms with van der Waals surface area (Å²) in [6.45, 7) is 6.97. The van der Waals surface area contributed by atoms with Gasteiger partial charge in [-0.3, -0.25) is 4.79 Å². The zero-order chi connectivity index (χ0) is 18.8. The van der Waals surface area contributed by atoms with Gasteiger partial charge in [0.15, 0.2) is 0 Å². The predicted octanol–water partition coefficient (Wildman–Crippen LogP) is 6.42. The average Bonchev–Trinajstić information content (AvgIpc) is 2.61. The first-order chi connectivity index (χ1) is 12.1. The number of hydrogen-bond donors (Lipinski definition) is 1. The molecule has 0 spiro atoms.